The van der Waals surface area contributed by atoms with Crippen molar-refractivity contribution in [1.82, 2.24) is 4.98 Å². The topological polar surface area (TPSA) is 56.3 Å². The minimum atomic E-state index is -3.70. The van der Waals surface area contributed by atoms with Crippen molar-refractivity contribution in [3.63, 3.8) is 0 Å². The molecule has 0 amide bonds. The summed E-state index contributed by atoms with van der Waals surface area (Å²) >= 11 is 0. The molecule has 0 fully saturated rings. The van der Waals surface area contributed by atoms with Gasteiger partial charge in [-0.15, -0.1) is 0 Å². The second-order valence-electron chi connectivity index (χ2n) is 4.32. The van der Waals surface area contributed by atoms with Gasteiger partial charge in [0.1, 0.15) is 5.75 Å². The molecule has 0 saturated heterocycles. The molecule has 2 aromatic rings. The summed E-state index contributed by atoms with van der Waals surface area (Å²) in [5.74, 6) is 0.656. The fraction of sp³-hybridized carbons (Fsp3) is 0.214. The highest BCUT2D eigenvalue weighted by molar-refractivity contribution is 8.13. The summed E-state index contributed by atoms with van der Waals surface area (Å²) in [4.78, 5) is 4.03. The first-order chi connectivity index (χ1) is 9.47. The first-order valence-corrected chi connectivity index (χ1v) is 8.35. The lowest BCUT2D eigenvalue weighted by Gasteiger charge is -2.10. The zero-order chi connectivity index (χ0) is 14.6. The molecule has 4 nitrogen and oxygen atoms in total. The van der Waals surface area contributed by atoms with E-state index in [1.54, 1.807) is 25.4 Å². The number of aryl methyl sites for hydroxylation is 1. The van der Waals surface area contributed by atoms with Crippen molar-refractivity contribution in [2.75, 3.05) is 6.61 Å². The molecule has 0 bridgehead atoms. The highest BCUT2D eigenvalue weighted by Gasteiger charge is 2.11. The van der Waals surface area contributed by atoms with Gasteiger partial charge in [-0.2, -0.15) is 0 Å². The smallest absolute Gasteiger partial charge is 0.261 e. The Balaban J connectivity index is 2.00. The van der Waals surface area contributed by atoms with Crippen molar-refractivity contribution in [2.45, 2.75) is 18.2 Å². The van der Waals surface area contributed by atoms with E-state index in [4.69, 9.17) is 15.4 Å². The fourth-order valence-corrected chi connectivity index (χ4v) is 2.60. The van der Waals surface area contributed by atoms with E-state index in [0.717, 1.165) is 17.5 Å². The molecule has 0 aliphatic rings. The number of hydrogen-bond donors (Lipinski definition) is 0. The van der Waals surface area contributed by atoms with Crippen LogP contribution < -0.4 is 4.74 Å². The Morgan fingerprint density at radius 1 is 1.20 bits per heavy atom. The van der Waals surface area contributed by atoms with Gasteiger partial charge in [0.2, 0.25) is 0 Å². The molecule has 0 saturated carbocycles. The predicted octanol–water partition coefficient (Wildman–Crippen LogP) is 2.94. The third-order valence-corrected chi connectivity index (χ3v) is 4.18. The van der Waals surface area contributed by atoms with Crippen LogP contribution in [0.5, 0.6) is 5.75 Å². The molecule has 0 unspecified atom stereocenters. The van der Waals surface area contributed by atoms with Crippen LogP contribution in [0, 0.1) is 6.92 Å². The number of pyridine rings is 1. The summed E-state index contributed by atoms with van der Waals surface area (Å²) in [7, 11) is 1.60. The summed E-state index contributed by atoms with van der Waals surface area (Å²) < 4.78 is 28.1. The van der Waals surface area contributed by atoms with Gasteiger partial charge in [0.15, 0.2) is 0 Å². The Labute approximate surface area is 122 Å². The molecule has 20 heavy (non-hydrogen) atoms. The maximum Gasteiger partial charge on any atom is 0.261 e. The molecule has 0 N–H and O–H groups in total. The summed E-state index contributed by atoms with van der Waals surface area (Å²) in [5.41, 5.74) is 1.87. The number of ether oxygens (including phenoxy) is 1. The van der Waals surface area contributed by atoms with Gasteiger partial charge in [0.05, 0.1) is 11.5 Å². The van der Waals surface area contributed by atoms with E-state index in [-0.39, 0.29) is 4.90 Å². The minimum absolute atomic E-state index is 0.0816. The van der Waals surface area contributed by atoms with Gasteiger partial charge in [-0.05, 0) is 48.4 Å². The number of hydrogen-bond acceptors (Lipinski definition) is 4. The molecule has 1 heterocycles. The van der Waals surface area contributed by atoms with Gasteiger partial charge >= 0.3 is 0 Å². The van der Waals surface area contributed by atoms with Crippen LogP contribution in [0.1, 0.15) is 11.1 Å². The molecule has 0 aliphatic carbocycles. The molecule has 0 aliphatic heterocycles. The van der Waals surface area contributed by atoms with Gasteiger partial charge < -0.3 is 4.74 Å². The van der Waals surface area contributed by atoms with E-state index in [9.17, 15) is 8.42 Å². The third kappa shape index (κ3) is 3.95. The maximum atomic E-state index is 11.2. The van der Waals surface area contributed by atoms with Crippen molar-refractivity contribution < 1.29 is 13.2 Å². The number of nitrogens with zero attached hydrogens (tertiary/aromatic N) is 1. The van der Waals surface area contributed by atoms with Gasteiger partial charge in [0.25, 0.3) is 9.05 Å². The average Bonchev–Trinajstić information content (AvgIpc) is 2.40. The molecule has 0 atom stereocenters. The Bertz CT molecular complexity index is 687. The van der Waals surface area contributed by atoms with Gasteiger partial charge in [-0.1, -0.05) is 0 Å². The minimum Gasteiger partial charge on any atom is -0.493 e. The van der Waals surface area contributed by atoms with Crippen LogP contribution in [-0.4, -0.2) is 20.0 Å². The van der Waals surface area contributed by atoms with E-state index in [1.165, 1.54) is 12.1 Å². The summed E-state index contributed by atoms with van der Waals surface area (Å²) in [6.07, 6.45) is 4.24. The molecule has 0 spiro atoms. The Kier molecular flexibility index (Phi) is 4.62. The summed E-state index contributed by atoms with van der Waals surface area (Å²) in [6.45, 7) is 2.30. The van der Waals surface area contributed by atoms with E-state index >= 15 is 0 Å². The second-order valence-corrected chi connectivity index (χ2v) is 6.89. The lowest BCUT2D eigenvalue weighted by molar-refractivity contribution is 0.319. The molecule has 6 heteroatoms. The molecule has 2 rings (SSSR count). The lowest BCUT2D eigenvalue weighted by Crippen LogP contribution is -2.03. The summed E-state index contributed by atoms with van der Waals surface area (Å²) in [5, 5.41) is 0. The number of benzene rings is 1. The quantitative estimate of drug-likeness (QED) is 0.797. The highest BCUT2D eigenvalue weighted by Crippen LogP contribution is 2.23. The first-order valence-electron chi connectivity index (χ1n) is 6.04. The largest absolute Gasteiger partial charge is 0.493 e. The van der Waals surface area contributed by atoms with Crippen LogP contribution >= 0.6 is 10.7 Å². The first kappa shape index (κ1) is 14.8. The van der Waals surface area contributed by atoms with Crippen molar-refractivity contribution in [3.05, 3.63) is 53.9 Å². The Morgan fingerprint density at radius 2 is 1.90 bits per heavy atom. The van der Waals surface area contributed by atoms with Crippen molar-refractivity contribution in [3.8, 4) is 5.75 Å². The Morgan fingerprint density at radius 3 is 2.50 bits per heavy atom. The van der Waals surface area contributed by atoms with Crippen LogP contribution in [0.15, 0.2) is 47.6 Å². The fourth-order valence-electron chi connectivity index (χ4n) is 1.76. The number of aromatic nitrogens is 1. The highest BCUT2D eigenvalue weighted by atomic mass is 35.7. The van der Waals surface area contributed by atoms with E-state index in [0.29, 0.717) is 12.4 Å². The zero-order valence-corrected chi connectivity index (χ0v) is 12.5. The van der Waals surface area contributed by atoms with Crippen LogP contribution in [0.25, 0.3) is 0 Å². The SMILES string of the molecule is Cc1cc(S(=O)(=O)Cl)ccc1OCCc1ccncc1. The summed E-state index contributed by atoms with van der Waals surface area (Å²) in [6, 6.07) is 8.43. The van der Waals surface area contributed by atoms with E-state index < -0.39 is 9.05 Å². The van der Waals surface area contributed by atoms with Crippen molar-refractivity contribution >= 4 is 19.7 Å². The monoisotopic (exact) mass is 311 g/mol. The van der Waals surface area contributed by atoms with Crippen molar-refractivity contribution in [1.29, 1.82) is 0 Å². The van der Waals surface area contributed by atoms with E-state index in [2.05, 4.69) is 4.98 Å². The van der Waals surface area contributed by atoms with Crippen LogP contribution in [0.4, 0.5) is 0 Å². The average molecular weight is 312 g/mol. The zero-order valence-electron chi connectivity index (χ0n) is 10.9. The standard InChI is InChI=1S/C14H14ClNO3S/c1-11-10-13(20(15,17)18)2-3-14(11)19-9-6-12-4-7-16-8-5-12/h2-5,7-8,10H,6,9H2,1H3. The molecular formula is C14H14ClNO3S. The molecule has 1 aromatic carbocycles. The van der Waals surface area contributed by atoms with E-state index in [1.807, 2.05) is 12.1 Å². The molecule has 106 valence electrons. The Hall–Kier alpha value is -1.59. The number of halogens is 1. The van der Waals surface area contributed by atoms with Gasteiger partial charge in [0, 0.05) is 29.5 Å². The van der Waals surface area contributed by atoms with Gasteiger partial charge in [-0.25, -0.2) is 8.42 Å². The molecule has 0 radical (unpaired) electrons. The molecular weight excluding hydrogens is 298 g/mol. The predicted molar refractivity (Wildman–Crippen MR) is 77.7 cm³/mol. The number of rotatable bonds is 5. The molecule has 1 aromatic heterocycles. The second kappa shape index (κ2) is 6.24. The maximum absolute atomic E-state index is 11.2. The normalized spacial score (nSPS) is 11.3. The third-order valence-electron chi connectivity index (χ3n) is 2.83. The van der Waals surface area contributed by atoms with Crippen molar-refractivity contribution in [2.24, 2.45) is 0 Å². The van der Waals surface area contributed by atoms with Crippen LogP contribution in [0.2, 0.25) is 0 Å². The van der Waals surface area contributed by atoms with Crippen LogP contribution in [-0.2, 0) is 15.5 Å². The van der Waals surface area contributed by atoms with Gasteiger partial charge in [-0.3, -0.25) is 4.98 Å². The lowest BCUT2D eigenvalue weighted by atomic mass is 10.2. The van der Waals surface area contributed by atoms with Crippen LogP contribution in [0.3, 0.4) is 0 Å².